The maximum absolute atomic E-state index is 13.2. The van der Waals surface area contributed by atoms with Gasteiger partial charge in [-0.05, 0) is 48.9 Å². The summed E-state index contributed by atoms with van der Waals surface area (Å²) in [4.78, 5) is 30.3. The zero-order valence-electron chi connectivity index (χ0n) is 18.2. The average Bonchev–Trinajstić information content (AvgIpc) is 2.84. The fraction of sp³-hybridized carbons (Fsp3) is 0.120. The van der Waals surface area contributed by atoms with E-state index in [4.69, 9.17) is 4.74 Å². The fourth-order valence-electron chi connectivity index (χ4n) is 3.19. The number of carbonyl (C=O) groups is 1. The highest BCUT2D eigenvalue weighted by Gasteiger charge is 2.14. The van der Waals surface area contributed by atoms with E-state index in [0.29, 0.717) is 27.5 Å². The van der Waals surface area contributed by atoms with Crippen LogP contribution in [0.3, 0.4) is 0 Å². The Bertz CT molecular complexity index is 1380. The topological polar surface area (TPSA) is 85.6 Å². The lowest BCUT2D eigenvalue weighted by Gasteiger charge is -2.13. The molecule has 0 aliphatic heterocycles. The zero-order valence-corrected chi connectivity index (χ0v) is 19.0. The number of hydrazone groups is 1. The number of nitrogens with one attached hydrogen (secondary N) is 1. The molecule has 4 aromatic rings. The minimum absolute atomic E-state index is 0.0477. The molecular weight excluding hydrogens is 436 g/mol. The molecule has 4 rings (SSSR count). The second-order valence-electron chi connectivity index (χ2n) is 7.25. The first kappa shape index (κ1) is 22.3. The number of para-hydroxylation sites is 1. The van der Waals surface area contributed by atoms with Gasteiger partial charge >= 0.3 is 0 Å². The molecule has 0 radical (unpaired) electrons. The minimum Gasteiger partial charge on any atom is -0.497 e. The van der Waals surface area contributed by atoms with Crippen molar-refractivity contribution >= 4 is 34.8 Å². The molecule has 3 aromatic carbocycles. The van der Waals surface area contributed by atoms with Crippen molar-refractivity contribution in [1.82, 2.24) is 15.0 Å². The lowest BCUT2D eigenvalue weighted by atomic mass is 10.2. The van der Waals surface area contributed by atoms with E-state index in [1.807, 2.05) is 67.6 Å². The molecule has 166 valence electrons. The number of rotatable bonds is 7. The lowest BCUT2D eigenvalue weighted by Crippen LogP contribution is -2.24. The van der Waals surface area contributed by atoms with Crippen LogP contribution in [0.15, 0.2) is 87.8 Å². The van der Waals surface area contributed by atoms with Crippen molar-refractivity contribution in [2.45, 2.75) is 12.1 Å². The quantitative estimate of drug-likeness (QED) is 0.196. The number of thioether (sulfide) groups is 1. The monoisotopic (exact) mass is 458 g/mol. The summed E-state index contributed by atoms with van der Waals surface area (Å²) in [7, 11) is 1.59. The summed E-state index contributed by atoms with van der Waals surface area (Å²) in [5, 5.41) is 4.97. The van der Waals surface area contributed by atoms with Crippen LogP contribution in [0, 0.1) is 6.92 Å². The van der Waals surface area contributed by atoms with Crippen LogP contribution in [0.4, 0.5) is 0 Å². The highest BCUT2D eigenvalue weighted by atomic mass is 32.2. The van der Waals surface area contributed by atoms with Crippen molar-refractivity contribution in [3.8, 4) is 11.4 Å². The molecule has 1 amide bonds. The fourth-order valence-corrected chi connectivity index (χ4v) is 4.00. The van der Waals surface area contributed by atoms with Crippen molar-refractivity contribution in [2.24, 2.45) is 5.10 Å². The Morgan fingerprint density at radius 1 is 1.12 bits per heavy atom. The Labute approximate surface area is 195 Å². The first-order chi connectivity index (χ1) is 16.0. The molecule has 0 aliphatic rings. The van der Waals surface area contributed by atoms with Gasteiger partial charge in [-0.3, -0.25) is 14.2 Å². The number of fused-ring (bicyclic) bond motifs is 1. The van der Waals surface area contributed by atoms with E-state index >= 15 is 0 Å². The molecule has 1 aromatic heterocycles. The first-order valence-corrected chi connectivity index (χ1v) is 11.2. The Morgan fingerprint density at radius 2 is 1.91 bits per heavy atom. The molecule has 0 saturated heterocycles. The molecule has 0 fully saturated rings. The Kier molecular flexibility index (Phi) is 6.85. The standard InChI is InChI=1S/C25H22N4O3S/c1-17-10-12-19(13-11-17)29-24(31)21-8-3-4-9-22(21)27-25(29)33-16-23(30)28-26-15-18-6-5-7-20(14-18)32-2/h3-15H,16H2,1-2H3,(H,28,30)/b26-15-. The van der Waals surface area contributed by atoms with Gasteiger partial charge in [0.25, 0.3) is 11.5 Å². The molecule has 0 unspecified atom stereocenters. The van der Waals surface area contributed by atoms with E-state index in [0.717, 1.165) is 11.1 Å². The van der Waals surface area contributed by atoms with Crippen LogP contribution >= 0.6 is 11.8 Å². The summed E-state index contributed by atoms with van der Waals surface area (Å²) < 4.78 is 6.72. The van der Waals surface area contributed by atoms with Gasteiger partial charge in [0.05, 0.1) is 35.7 Å². The van der Waals surface area contributed by atoms with Gasteiger partial charge in [0.1, 0.15) is 5.75 Å². The second kappa shape index (κ2) is 10.1. The average molecular weight is 459 g/mol. The van der Waals surface area contributed by atoms with E-state index in [-0.39, 0.29) is 17.2 Å². The minimum atomic E-state index is -0.308. The maximum Gasteiger partial charge on any atom is 0.266 e. The number of hydrogen-bond donors (Lipinski definition) is 1. The molecule has 1 heterocycles. The number of nitrogens with zero attached hydrogens (tertiary/aromatic N) is 3. The second-order valence-corrected chi connectivity index (χ2v) is 8.19. The molecule has 0 aliphatic carbocycles. The summed E-state index contributed by atoms with van der Waals surface area (Å²) in [5.74, 6) is 0.445. The highest BCUT2D eigenvalue weighted by Crippen LogP contribution is 2.21. The van der Waals surface area contributed by atoms with Crippen molar-refractivity contribution in [3.63, 3.8) is 0 Å². The van der Waals surface area contributed by atoms with E-state index in [1.165, 1.54) is 11.8 Å². The molecule has 0 spiro atoms. The van der Waals surface area contributed by atoms with E-state index < -0.39 is 0 Å². The number of ether oxygens (including phenoxy) is 1. The van der Waals surface area contributed by atoms with Gasteiger partial charge in [0, 0.05) is 0 Å². The van der Waals surface area contributed by atoms with Crippen LogP contribution < -0.4 is 15.7 Å². The summed E-state index contributed by atoms with van der Waals surface area (Å²) in [5.41, 5.74) is 5.50. The summed E-state index contributed by atoms with van der Waals surface area (Å²) >= 11 is 1.18. The smallest absolute Gasteiger partial charge is 0.266 e. The van der Waals surface area contributed by atoms with Crippen LogP contribution in [0.5, 0.6) is 5.75 Å². The molecule has 0 atom stereocenters. The first-order valence-electron chi connectivity index (χ1n) is 10.2. The van der Waals surface area contributed by atoms with Crippen LogP contribution in [-0.4, -0.2) is 34.5 Å². The molecule has 8 heteroatoms. The van der Waals surface area contributed by atoms with Crippen molar-refractivity contribution in [2.75, 3.05) is 12.9 Å². The van der Waals surface area contributed by atoms with Crippen LogP contribution in [0.25, 0.3) is 16.6 Å². The third kappa shape index (κ3) is 5.30. The van der Waals surface area contributed by atoms with Crippen molar-refractivity contribution < 1.29 is 9.53 Å². The van der Waals surface area contributed by atoms with Crippen molar-refractivity contribution in [1.29, 1.82) is 0 Å². The molecule has 33 heavy (non-hydrogen) atoms. The van der Waals surface area contributed by atoms with E-state index in [2.05, 4.69) is 15.5 Å². The van der Waals surface area contributed by atoms with Gasteiger partial charge in [-0.25, -0.2) is 10.4 Å². The van der Waals surface area contributed by atoms with Gasteiger partial charge in [0.15, 0.2) is 5.16 Å². The molecule has 0 bridgehead atoms. The third-order valence-electron chi connectivity index (χ3n) is 4.87. The number of hydrogen-bond acceptors (Lipinski definition) is 6. The Hall–Kier alpha value is -3.91. The third-order valence-corrected chi connectivity index (χ3v) is 5.80. The van der Waals surface area contributed by atoms with E-state index in [9.17, 15) is 9.59 Å². The normalized spacial score (nSPS) is 11.1. The van der Waals surface area contributed by atoms with Gasteiger partial charge in [-0.15, -0.1) is 0 Å². The lowest BCUT2D eigenvalue weighted by molar-refractivity contribution is -0.118. The number of amides is 1. The van der Waals surface area contributed by atoms with Crippen molar-refractivity contribution in [3.05, 3.63) is 94.3 Å². The summed E-state index contributed by atoms with van der Waals surface area (Å²) in [6.45, 7) is 1.98. The van der Waals surface area contributed by atoms with Crippen LogP contribution in [0.1, 0.15) is 11.1 Å². The molecule has 0 saturated carbocycles. The van der Waals surface area contributed by atoms with E-state index in [1.54, 1.807) is 30.0 Å². The van der Waals surface area contributed by atoms with Gasteiger partial charge in [-0.2, -0.15) is 5.10 Å². The molecule has 7 nitrogen and oxygen atoms in total. The predicted octanol–water partition coefficient (Wildman–Crippen LogP) is 3.95. The Morgan fingerprint density at radius 3 is 2.70 bits per heavy atom. The van der Waals surface area contributed by atoms with Gasteiger partial charge in [-0.1, -0.05) is 53.7 Å². The summed E-state index contributed by atoms with van der Waals surface area (Å²) in [6.07, 6.45) is 1.54. The highest BCUT2D eigenvalue weighted by molar-refractivity contribution is 7.99. The van der Waals surface area contributed by atoms with Gasteiger partial charge < -0.3 is 4.74 Å². The van der Waals surface area contributed by atoms with Crippen LogP contribution in [0.2, 0.25) is 0 Å². The number of carbonyl (C=O) groups excluding carboxylic acids is 1. The predicted molar refractivity (Wildman–Crippen MR) is 132 cm³/mol. The molecular formula is C25H22N4O3S. The number of benzene rings is 3. The zero-order chi connectivity index (χ0) is 23.2. The molecule has 1 N–H and O–H groups in total. The summed E-state index contributed by atoms with van der Waals surface area (Å²) in [6, 6.07) is 22.1. The van der Waals surface area contributed by atoms with Gasteiger partial charge in [0.2, 0.25) is 0 Å². The Balaban J connectivity index is 1.54. The van der Waals surface area contributed by atoms with Crippen LogP contribution in [-0.2, 0) is 4.79 Å². The number of methoxy groups -OCH3 is 1. The number of aromatic nitrogens is 2. The number of aryl methyl sites for hydroxylation is 1. The largest absolute Gasteiger partial charge is 0.497 e. The SMILES string of the molecule is COc1cccc(/C=N\NC(=O)CSc2nc3ccccc3c(=O)n2-c2ccc(C)cc2)c1. The maximum atomic E-state index is 13.2.